The number of hydrogen-bond donors (Lipinski definition) is 1. The van der Waals surface area contributed by atoms with E-state index in [2.05, 4.69) is 9.97 Å². The SMILES string of the molecule is O=C(O)c1cc(-c2ccncc2)nc2ccc(S(=O)(=O)N3CCCCC3)cc12. The van der Waals surface area contributed by atoms with Gasteiger partial charge in [0, 0.05) is 36.4 Å². The molecule has 0 amide bonds. The summed E-state index contributed by atoms with van der Waals surface area (Å²) in [5, 5.41) is 10.0. The Morgan fingerprint density at radius 1 is 1.00 bits per heavy atom. The molecule has 0 radical (unpaired) electrons. The van der Waals surface area contributed by atoms with Crippen molar-refractivity contribution in [2.45, 2.75) is 24.2 Å². The van der Waals surface area contributed by atoms with E-state index in [4.69, 9.17) is 0 Å². The monoisotopic (exact) mass is 397 g/mol. The van der Waals surface area contributed by atoms with Crippen LogP contribution in [-0.2, 0) is 10.0 Å². The fourth-order valence-electron chi connectivity index (χ4n) is 3.47. The number of fused-ring (bicyclic) bond motifs is 1. The molecule has 0 saturated carbocycles. The van der Waals surface area contributed by atoms with Gasteiger partial charge >= 0.3 is 5.97 Å². The lowest BCUT2D eigenvalue weighted by Crippen LogP contribution is -2.35. The van der Waals surface area contributed by atoms with Gasteiger partial charge in [-0.1, -0.05) is 6.42 Å². The average Bonchev–Trinajstić information content (AvgIpc) is 2.73. The van der Waals surface area contributed by atoms with E-state index in [1.165, 1.54) is 22.5 Å². The average molecular weight is 397 g/mol. The van der Waals surface area contributed by atoms with Gasteiger partial charge in [-0.25, -0.2) is 18.2 Å². The number of pyridine rings is 2. The van der Waals surface area contributed by atoms with Crippen LogP contribution in [0.15, 0.2) is 53.7 Å². The number of aromatic nitrogens is 2. The molecular formula is C20H19N3O4S. The first-order chi connectivity index (χ1) is 13.5. The first-order valence-electron chi connectivity index (χ1n) is 9.05. The summed E-state index contributed by atoms with van der Waals surface area (Å²) in [6.07, 6.45) is 5.91. The normalized spacial score (nSPS) is 15.6. The quantitative estimate of drug-likeness (QED) is 0.726. The van der Waals surface area contributed by atoms with Crippen molar-refractivity contribution in [2.24, 2.45) is 0 Å². The zero-order chi connectivity index (χ0) is 19.7. The Balaban J connectivity index is 1.85. The molecule has 144 valence electrons. The number of aromatic carboxylic acids is 1. The molecule has 28 heavy (non-hydrogen) atoms. The summed E-state index contributed by atoms with van der Waals surface area (Å²) in [4.78, 5) is 20.4. The van der Waals surface area contributed by atoms with Gasteiger partial charge in [-0.05, 0) is 49.2 Å². The van der Waals surface area contributed by atoms with Crippen LogP contribution in [0.2, 0.25) is 0 Å². The molecule has 1 saturated heterocycles. The third kappa shape index (κ3) is 3.36. The summed E-state index contributed by atoms with van der Waals surface area (Å²) < 4.78 is 27.4. The molecule has 0 bridgehead atoms. The van der Waals surface area contributed by atoms with Crippen molar-refractivity contribution in [3.63, 3.8) is 0 Å². The molecule has 0 aliphatic carbocycles. The van der Waals surface area contributed by atoms with Crippen LogP contribution < -0.4 is 0 Å². The Morgan fingerprint density at radius 2 is 1.71 bits per heavy atom. The molecule has 4 rings (SSSR count). The number of nitrogens with zero attached hydrogens (tertiary/aromatic N) is 3. The second-order valence-corrected chi connectivity index (χ2v) is 8.68. The zero-order valence-corrected chi connectivity index (χ0v) is 15.9. The molecule has 8 heteroatoms. The van der Waals surface area contributed by atoms with E-state index in [9.17, 15) is 18.3 Å². The lowest BCUT2D eigenvalue weighted by Gasteiger charge is -2.26. The summed E-state index contributed by atoms with van der Waals surface area (Å²) in [5.41, 5.74) is 1.69. The molecule has 1 aliphatic heterocycles. The second-order valence-electron chi connectivity index (χ2n) is 6.74. The van der Waals surface area contributed by atoms with Gasteiger partial charge in [0.2, 0.25) is 10.0 Å². The molecular weight excluding hydrogens is 378 g/mol. The smallest absolute Gasteiger partial charge is 0.336 e. The van der Waals surface area contributed by atoms with Crippen molar-refractivity contribution in [2.75, 3.05) is 13.1 Å². The number of piperidine rings is 1. The Bertz CT molecular complexity index is 1140. The minimum absolute atomic E-state index is 0.0208. The van der Waals surface area contributed by atoms with Crippen molar-refractivity contribution in [1.29, 1.82) is 0 Å². The Morgan fingerprint density at radius 3 is 2.39 bits per heavy atom. The van der Waals surface area contributed by atoms with Gasteiger partial charge in [-0.15, -0.1) is 0 Å². The van der Waals surface area contributed by atoms with Crippen molar-refractivity contribution in [1.82, 2.24) is 14.3 Å². The van der Waals surface area contributed by atoms with Crippen molar-refractivity contribution in [3.8, 4) is 11.3 Å². The van der Waals surface area contributed by atoms with Gasteiger partial charge in [-0.2, -0.15) is 4.31 Å². The Labute approximate surface area is 162 Å². The fourth-order valence-corrected chi connectivity index (χ4v) is 5.01. The summed E-state index contributed by atoms with van der Waals surface area (Å²) in [5.74, 6) is -1.13. The van der Waals surface area contributed by atoms with E-state index in [-0.39, 0.29) is 10.5 Å². The van der Waals surface area contributed by atoms with Crippen LogP contribution in [0.4, 0.5) is 0 Å². The van der Waals surface area contributed by atoms with Gasteiger partial charge in [0.1, 0.15) is 0 Å². The molecule has 1 aromatic carbocycles. The predicted molar refractivity (Wildman–Crippen MR) is 105 cm³/mol. The molecule has 3 heterocycles. The van der Waals surface area contributed by atoms with E-state index in [0.29, 0.717) is 29.7 Å². The van der Waals surface area contributed by atoms with Crippen LogP contribution >= 0.6 is 0 Å². The topological polar surface area (TPSA) is 100 Å². The maximum atomic E-state index is 13.0. The van der Waals surface area contributed by atoms with Gasteiger partial charge in [-0.3, -0.25) is 4.98 Å². The fraction of sp³-hybridized carbons (Fsp3) is 0.250. The predicted octanol–water partition coefficient (Wildman–Crippen LogP) is 3.17. The van der Waals surface area contributed by atoms with Gasteiger partial charge in [0.25, 0.3) is 0 Å². The largest absolute Gasteiger partial charge is 0.478 e. The molecule has 0 unspecified atom stereocenters. The highest BCUT2D eigenvalue weighted by atomic mass is 32.2. The standard InChI is InChI=1S/C20H19N3O4S/c24-20(25)17-13-19(14-6-8-21-9-7-14)22-18-5-4-15(12-16(17)18)28(26,27)23-10-2-1-3-11-23/h4-9,12-13H,1-3,10-11H2,(H,24,25). The van der Waals surface area contributed by atoms with Crippen LogP contribution in [0.1, 0.15) is 29.6 Å². The van der Waals surface area contributed by atoms with Gasteiger partial charge in [0.05, 0.1) is 21.7 Å². The van der Waals surface area contributed by atoms with Crippen LogP contribution in [0.5, 0.6) is 0 Å². The first-order valence-corrected chi connectivity index (χ1v) is 10.5. The molecule has 0 spiro atoms. The second kappa shape index (κ2) is 7.29. The summed E-state index contributed by atoms with van der Waals surface area (Å²) in [7, 11) is -3.65. The third-order valence-electron chi connectivity index (χ3n) is 4.94. The van der Waals surface area contributed by atoms with E-state index in [0.717, 1.165) is 24.8 Å². The molecule has 1 aliphatic rings. The maximum Gasteiger partial charge on any atom is 0.336 e. The van der Waals surface area contributed by atoms with Crippen molar-refractivity contribution < 1.29 is 18.3 Å². The number of carboxylic acid groups (broad SMARTS) is 1. The lowest BCUT2D eigenvalue weighted by molar-refractivity contribution is 0.0699. The van der Waals surface area contributed by atoms with Crippen LogP contribution in [-0.4, -0.2) is 46.9 Å². The minimum Gasteiger partial charge on any atom is -0.478 e. The zero-order valence-electron chi connectivity index (χ0n) is 15.1. The van der Waals surface area contributed by atoms with E-state index in [1.54, 1.807) is 30.6 Å². The number of hydrogen-bond acceptors (Lipinski definition) is 5. The Hall–Kier alpha value is -2.84. The highest BCUT2D eigenvalue weighted by molar-refractivity contribution is 7.89. The number of benzene rings is 1. The number of sulfonamides is 1. The Kier molecular flexibility index (Phi) is 4.82. The van der Waals surface area contributed by atoms with Gasteiger partial charge in [0.15, 0.2) is 0 Å². The first kappa shape index (κ1) is 18.5. The van der Waals surface area contributed by atoms with Crippen LogP contribution in [0.25, 0.3) is 22.2 Å². The molecule has 1 fully saturated rings. The number of rotatable bonds is 4. The lowest BCUT2D eigenvalue weighted by atomic mass is 10.0. The highest BCUT2D eigenvalue weighted by Gasteiger charge is 2.26. The van der Waals surface area contributed by atoms with Crippen molar-refractivity contribution in [3.05, 3.63) is 54.4 Å². The molecule has 2 aromatic heterocycles. The van der Waals surface area contributed by atoms with E-state index < -0.39 is 16.0 Å². The highest BCUT2D eigenvalue weighted by Crippen LogP contribution is 2.28. The van der Waals surface area contributed by atoms with Crippen LogP contribution in [0, 0.1) is 0 Å². The van der Waals surface area contributed by atoms with Crippen LogP contribution in [0.3, 0.4) is 0 Å². The van der Waals surface area contributed by atoms with E-state index in [1.807, 2.05) is 0 Å². The molecule has 1 N–H and O–H groups in total. The maximum absolute atomic E-state index is 13.0. The summed E-state index contributed by atoms with van der Waals surface area (Å²) in [6.45, 7) is 0.983. The third-order valence-corrected chi connectivity index (χ3v) is 6.83. The minimum atomic E-state index is -3.65. The number of carbonyl (C=O) groups is 1. The molecule has 3 aromatic rings. The summed E-state index contributed by atoms with van der Waals surface area (Å²) >= 11 is 0. The van der Waals surface area contributed by atoms with Crippen molar-refractivity contribution >= 4 is 26.9 Å². The van der Waals surface area contributed by atoms with Gasteiger partial charge < -0.3 is 5.11 Å². The molecule has 7 nitrogen and oxygen atoms in total. The number of carboxylic acids is 1. The molecule has 0 atom stereocenters. The van der Waals surface area contributed by atoms with E-state index >= 15 is 0 Å². The summed E-state index contributed by atoms with van der Waals surface area (Å²) in [6, 6.07) is 9.46.